The normalized spacial score (nSPS) is 12.5. The Morgan fingerprint density at radius 3 is 3.00 bits per heavy atom. The van der Waals surface area contributed by atoms with Crippen LogP contribution in [-0.4, -0.2) is 10.7 Å². The monoisotopic (exact) mass is 211 g/mol. The average Bonchev–Trinajstić information content (AvgIpc) is 2.26. The van der Waals surface area contributed by atoms with Gasteiger partial charge in [-0.25, -0.2) is 10.8 Å². The van der Waals surface area contributed by atoms with E-state index in [1.54, 1.807) is 11.8 Å². The van der Waals surface area contributed by atoms with Gasteiger partial charge in [-0.3, -0.25) is 0 Å². The third-order valence-corrected chi connectivity index (χ3v) is 3.34. The van der Waals surface area contributed by atoms with E-state index in [-0.39, 0.29) is 0 Å². The van der Waals surface area contributed by atoms with Crippen LogP contribution in [0, 0.1) is 5.92 Å². The number of pyridine rings is 1. The Bertz CT molecular complexity index is 278. The molecule has 1 unspecified atom stereocenters. The van der Waals surface area contributed by atoms with E-state index in [9.17, 15) is 0 Å². The highest BCUT2D eigenvalue weighted by atomic mass is 32.2. The average molecular weight is 211 g/mol. The van der Waals surface area contributed by atoms with Gasteiger partial charge in [-0.05, 0) is 18.1 Å². The van der Waals surface area contributed by atoms with Crippen LogP contribution in [-0.2, 0) is 0 Å². The third-order valence-electron chi connectivity index (χ3n) is 2.08. The van der Waals surface area contributed by atoms with E-state index in [1.807, 2.05) is 18.2 Å². The Labute approximate surface area is 89.5 Å². The van der Waals surface area contributed by atoms with Crippen molar-refractivity contribution in [3.8, 4) is 0 Å². The van der Waals surface area contributed by atoms with Crippen molar-refractivity contribution in [2.75, 3.05) is 11.2 Å². The molecular weight excluding hydrogens is 194 g/mol. The highest BCUT2D eigenvalue weighted by Gasteiger charge is 2.01. The summed E-state index contributed by atoms with van der Waals surface area (Å²) in [5, 5.41) is 1.03. The fourth-order valence-corrected chi connectivity index (χ4v) is 1.95. The number of aromatic nitrogens is 1. The number of hydrogen-bond acceptors (Lipinski definition) is 4. The Hall–Kier alpha value is -0.740. The van der Waals surface area contributed by atoms with Crippen LogP contribution in [0.1, 0.15) is 20.3 Å². The first-order valence-electron chi connectivity index (χ1n) is 4.82. The lowest BCUT2D eigenvalue weighted by Gasteiger charge is -2.07. The van der Waals surface area contributed by atoms with E-state index in [0.29, 0.717) is 0 Å². The molecule has 0 saturated carbocycles. The smallest absolute Gasteiger partial charge is 0.141 e. The lowest BCUT2D eigenvalue weighted by atomic mass is 10.2. The second kappa shape index (κ2) is 5.88. The van der Waals surface area contributed by atoms with Gasteiger partial charge < -0.3 is 5.43 Å². The van der Waals surface area contributed by atoms with Crippen LogP contribution in [0.4, 0.5) is 5.82 Å². The van der Waals surface area contributed by atoms with Crippen LogP contribution in [0.3, 0.4) is 0 Å². The van der Waals surface area contributed by atoms with Crippen molar-refractivity contribution in [3.63, 3.8) is 0 Å². The molecule has 3 nitrogen and oxygen atoms in total. The highest BCUT2D eigenvalue weighted by molar-refractivity contribution is 7.99. The first kappa shape index (κ1) is 11.3. The number of thioether (sulfide) groups is 1. The molecule has 0 amide bonds. The van der Waals surface area contributed by atoms with Crippen LogP contribution in [0.25, 0.3) is 0 Å². The summed E-state index contributed by atoms with van der Waals surface area (Å²) < 4.78 is 0. The van der Waals surface area contributed by atoms with Gasteiger partial charge in [0.1, 0.15) is 5.82 Å². The zero-order valence-corrected chi connectivity index (χ0v) is 9.47. The predicted octanol–water partition coefficient (Wildman–Crippen LogP) is 2.51. The molecule has 78 valence electrons. The van der Waals surface area contributed by atoms with Gasteiger partial charge in [0.2, 0.25) is 0 Å². The first-order valence-corrected chi connectivity index (χ1v) is 5.81. The highest BCUT2D eigenvalue weighted by Crippen LogP contribution is 2.20. The molecule has 0 saturated heterocycles. The van der Waals surface area contributed by atoms with Gasteiger partial charge in [-0.2, -0.15) is 0 Å². The molecular formula is C10H17N3S. The lowest BCUT2D eigenvalue weighted by molar-refractivity contribution is 0.636. The molecule has 1 aromatic rings. The summed E-state index contributed by atoms with van der Waals surface area (Å²) in [7, 11) is 0. The summed E-state index contributed by atoms with van der Waals surface area (Å²) in [6.07, 6.45) is 1.21. The summed E-state index contributed by atoms with van der Waals surface area (Å²) in [5.74, 6) is 7.84. The van der Waals surface area contributed by atoms with E-state index in [1.165, 1.54) is 6.42 Å². The van der Waals surface area contributed by atoms with Gasteiger partial charge in [0.25, 0.3) is 0 Å². The Kier molecular flexibility index (Phi) is 4.76. The van der Waals surface area contributed by atoms with Crippen molar-refractivity contribution in [3.05, 3.63) is 18.2 Å². The van der Waals surface area contributed by atoms with Crippen molar-refractivity contribution >= 4 is 17.6 Å². The van der Waals surface area contributed by atoms with E-state index in [4.69, 9.17) is 5.84 Å². The minimum absolute atomic E-state index is 0.721. The molecule has 1 atom stereocenters. The van der Waals surface area contributed by atoms with Crippen LogP contribution in [0.15, 0.2) is 23.2 Å². The molecule has 0 aliphatic rings. The largest absolute Gasteiger partial charge is 0.308 e. The molecule has 3 N–H and O–H groups in total. The molecule has 0 bridgehead atoms. The molecule has 4 heteroatoms. The Morgan fingerprint density at radius 2 is 2.36 bits per heavy atom. The van der Waals surface area contributed by atoms with E-state index in [2.05, 4.69) is 24.3 Å². The zero-order chi connectivity index (χ0) is 10.4. The van der Waals surface area contributed by atoms with Crippen molar-refractivity contribution < 1.29 is 0 Å². The fraction of sp³-hybridized carbons (Fsp3) is 0.500. The maximum Gasteiger partial charge on any atom is 0.141 e. The number of nitrogens with two attached hydrogens (primary N) is 1. The molecule has 0 aromatic carbocycles. The van der Waals surface area contributed by atoms with Crippen molar-refractivity contribution in [2.24, 2.45) is 11.8 Å². The van der Waals surface area contributed by atoms with Crippen molar-refractivity contribution in [1.29, 1.82) is 0 Å². The number of rotatable bonds is 5. The minimum atomic E-state index is 0.721. The SMILES string of the molecule is CCC(C)CSc1cccc(NN)n1. The quantitative estimate of drug-likeness (QED) is 0.446. The fourth-order valence-electron chi connectivity index (χ4n) is 0.921. The molecule has 0 aliphatic heterocycles. The van der Waals surface area contributed by atoms with Crippen LogP contribution in [0.5, 0.6) is 0 Å². The molecule has 0 aliphatic carbocycles. The van der Waals surface area contributed by atoms with Gasteiger partial charge in [-0.1, -0.05) is 26.3 Å². The van der Waals surface area contributed by atoms with Gasteiger partial charge in [0.15, 0.2) is 0 Å². The Morgan fingerprint density at radius 1 is 1.57 bits per heavy atom. The molecule has 0 fully saturated rings. The molecule has 14 heavy (non-hydrogen) atoms. The van der Waals surface area contributed by atoms with Gasteiger partial charge in [0.05, 0.1) is 5.03 Å². The minimum Gasteiger partial charge on any atom is -0.308 e. The number of hydrogen-bond donors (Lipinski definition) is 2. The second-order valence-electron chi connectivity index (χ2n) is 3.33. The number of hydrazine groups is 1. The number of nitrogens with one attached hydrogen (secondary N) is 1. The van der Waals surface area contributed by atoms with E-state index in [0.717, 1.165) is 22.5 Å². The second-order valence-corrected chi connectivity index (χ2v) is 4.37. The third kappa shape index (κ3) is 3.55. The molecule has 1 heterocycles. The lowest BCUT2D eigenvalue weighted by Crippen LogP contribution is -2.08. The van der Waals surface area contributed by atoms with Gasteiger partial charge in [0, 0.05) is 5.75 Å². The maximum atomic E-state index is 5.28. The van der Waals surface area contributed by atoms with E-state index < -0.39 is 0 Å². The maximum absolute atomic E-state index is 5.28. The van der Waals surface area contributed by atoms with Gasteiger partial charge in [-0.15, -0.1) is 11.8 Å². The summed E-state index contributed by atoms with van der Waals surface area (Å²) in [6, 6.07) is 5.82. The van der Waals surface area contributed by atoms with Crippen LogP contribution < -0.4 is 11.3 Å². The van der Waals surface area contributed by atoms with Crippen LogP contribution >= 0.6 is 11.8 Å². The molecule has 0 radical (unpaired) electrons. The van der Waals surface area contributed by atoms with E-state index >= 15 is 0 Å². The molecule has 1 rings (SSSR count). The number of nitrogens with zero attached hydrogens (tertiary/aromatic N) is 1. The summed E-state index contributed by atoms with van der Waals surface area (Å²) in [4.78, 5) is 4.32. The predicted molar refractivity (Wildman–Crippen MR) is 62.2 cm³/mol. The van der Waals surface area contributed by atoms with Crippen LogP contribution in [0.2, 0.25) is 0 Å². The molecule has 0 spiro atoms. The first-order chi connectivity index (χ1) is 6.76. The standard InChI is InChI=1S/C10H17N3S/c1-3-8(2)7-14-10-6-4-5-9(12-10)13-11/h4-6,8H,3,7,11H2,1-2H3,(H,12,13). The van der Waals surface area contributed by atoms with Gasteiger partial charge >= 0.3 is 0 Å². The van der Waals surface area contributed by atoms with Crippen molar-refractivity contribution in [2.45, 2.75) is 25.3 Å². The number of nitrogen functional groups attached to an aromatic ring is 1. The summed E-state index contributed by atoms with van der Waals surface area (Å²) in [6.45, 7) is 4.45. The zero-order valence-electron chi connectivity index (χ0n) is 8.66. The molecule has 1 aromatic heterocycles. The summed E-state index contributed by atoms with van der Waals surface area (Å²) in [5.41, 5.74) is 2.54. The van der Waals surface area contributed by atoms with Crippen molar-refractivity contribution in [1.82, 2.24) is 4.98 Å². The Balaban J connectivity index is 2.50. The topological polar surface area (TPSA) is 50.9 Å². The number of anilines is 1. The summed E-state index contributed by atoms with van der Waals surface area (Å²) >= 11 is 1.78.